The average molecular weight is 256 g/mol. The van der Waals surface area contributed by atoms with Crippen molar-refractivity contribution in [2.75, 3.05) is 7.11 Å². The molecule has 0 radical (unpaired) electrons. The first kappa shape index (κ1) is 11.9. The summed E-state index contributed by atoms with van der Waals surface area (Å²) in [6, 6.07) is 13.0. The van der Waals surface area contributed by atoms with E-state index in [0.29, 0.717) is 6.10 Å². The number of phenols is 1. The zero-order chi connectivity index (χ0) is 13.2. The van der Waals surface area contributed by atoms with Crippen molar-refractivity contribution < 1.29 is 14.6 Å². The third-order valence-electron chi connectivity index (χ3n) is 3.20. The predicted molar refractivity (Wildman–Crippen MR) is 73.7 cm³/mol. The third kappa shape index (κ3) is 2.65. The molecule has 0 spiro atoms. The van der Waals surface area contributed by atoms with E-state index in [1.807, 2.05) is 30.3 Å². The zero-order valence-electron chi connectivity index (χ0n) is 10.8. The van der Waals surface area contributed by atoms with Gasteiger partial charge in [0.25, 0.3) is 0 Å². The molecular weight excluding hydrogens is 240 g/mol. The molecule has 0 bridgehead atoms. The lowest BCUT2D eigenvalue weighted by Gasteiger charge is -2.09. The number of hydrogen-bond donors (Lipinski definition) is 1. The monoisotopic (exact) mass is 256 g/mol. The van der Waals surface area contributed by atoms with E-state index in [4.69, 9.17) is 9.47 Å². The quantitative estimate of drug-likeness (QED) is 0.908. The highest BCUT2D eigenvalue weighted by atomic mass is 16.5. The summed E-state index contributed by atoms with van der Waals surface area (Å²) in [6.45, 7) is 0. The lowest BCUT2D eigenvalue weighted by Crippen LogP contribution is -1.95. The number of methoxy groups -OCH3 is 1. The van der Waals surface area contributed by atoms with Crippen LogP contribution in [0.1, 0.15) is 12.8 Å². The number of ether oxygens (including phenoxy) is 2. The second-order valence-corrected chi connectivity index (χ2v) is 4.72. The Morgan fingerprint density at radius 1 is 1.00 bits per heavy atom. The molecule has 1 saturated carbocycles. The summed E-state index contributed by atoms with van der Waals surface area (Å²) in [4.78, 5) is 0. The fourth-order valence-electron chi connectivity index (χ4n) is 1.96. The highest BCUT2D eigenvalue weighted by Crippen LogP contribution is 2.34. The lowest BCUT2D eigenvalue weighted by atomic mass is 10.0. The van der Waals surface area contributed by atoms with Gasteiger partial charge >= 0.3 is 0 Å². The molecule has 98 valence electrons. The Bertz CT molecular complexity index is 571. The minimum Gasteiger partial charge on any atom is -0.507 e. The Morgan fingerprint density at radius 2 is 1.68 bits per heavy atom. The number of hydrogen-bond acceptors (Lipinski definition) is 3. The molecule has 19 heavy (non-hydrogen) atoms. The Labute approximate surface area is 112 Å². The van der Waals surface area contributed by atoms with Crippen LogP contribution in [0.2, 0.25) is 0 Å². The van der Waals surface area contributed by atoms with Crippen LogP contribution in [0.15, 0.2) is 42.5 Å². The van der Waals surface area contributed by atoms with Crippen LogP contribution in [0.3, 0.4) is 0 Å². The highest BCUT2D eigenvalue weighted by molar-refractivity contribution is 5.72. The molecule has 1 aliphatic carbocycles. The van der Waals surface area contributed by atoms with Crippen LogP contribution >= 0.6 is 0 Å². The normalized spacial score (nSPS) is 14.2. The van der Waals surface area contributed by atoms with Crippen molar-refractivity contribution in [3.63, 3.8) is 0 Å². The van der Waals surface area contributed by atoms with Gasteiger partial charge in [-0.25, -0.2) is 0 Å². The first-order valence-corrected chi connectivity index (χ1v) is 6.40. The van der Waals surface area contributed by atoms with Crippen LogP contribution in [0, 0.1) is 0 Å². The predicted octanol–water partition coefficient (Wildman–Crippen LogP) is 3.61. The smallest absolute Gasteiger partial charge is 0.123 e. The van der Waals surface area contributed by atoms with Crippen LogP contribution < -0.4 is 9.47 Å². The Hall–Kier alpha value is -2.16. The lowest BCUT2D eigenvalue weighted by molar-refractivity contribution is 0.303. The van der Waals surface area contributed by atoms with Crippen LogP contribution in [-0.2, 0) is 0 Å². The van der Waals surface area contributed by atoms with Gasteiger partial charge in [0.15, 0.2) is 0 Å². The first-order chi connectivity index (χ1) is 9.26. The molecule has 3 nitrogen and oxygen atoms in total. The molecule has 3 heteroatoms. The summed E-state index contributed by atoms with van der Waals surface area (Å²) in [5.41, 5.74) is 1.71. The van der Waals surface area contributed by atoms with E-state index >= 15 is 0 Å². The van der Waals surface area contributed by atoms with Crippen molar-refractivity contribution >= 4 is 0 Å². The minimum absolute atomic E-state index is 0.247. The van der Waals surface area contributed by atoms with Gasteiger partial charge in [0.1, 0.15) is 17.2 Å². The van der Waals surface area contributed by atoms with Crippen LogP contribution in [0.25, 0.3) is 11.1 Å². The van der Waals surface area contributed by atoms with Gasteiger partial charge in [-0.15, -0.1) is 0 Å². The van der Waals surface area contributed by atoms with Crippen molar-refractivity contribution in [1.29, 1.82) is 0 Å². The van der Waals surface area contributed by atoms with E-state index in [-0.39, 0.29) is 5.75 Å². The van der Waals surface area contributed by atoms with Gasteiger partial charge in [-0.1, -0.05) is 12.1 Å². The maximum absolute atomic E-state index is 9.92. The molecule has 0 amide bonds. The van der Waals surface area contributed by atoms with Crippen molar-refractivity contribution in [2.24, 2.45) is 0 Å². The van der Waals surface area contributed by atoms with Crippen molar-refractivity contribution in [1.82, 2.24) is 0 Å². The summed E-state index contributed by atoms with van der Waals surface area (Å²) in [7, 11) is 1.61. The molecule has 2 aromatic rings. The zero-order valence-corrected chi connectivity index (χ0v) is 10.8. The molecule has 1 N–H and O–H groups in total. The van der Waals surface area contributed by atoms with Crippen molar-refractivity contribution in [3.05, 3.63) is 42.5 Å². The fraction of sp³-hybridized carbons (Fsp3) is 0.250. The number of phenolic OH excluding ortho intramolecular Hbond substituents is 1. The van der Waals surface area contributed by atoms with Gasteiger partial charge in [0.05, 0.1) is 13.2 Å². The molecule has 0 atom stereocenters. The average Bonchev–Trinajstić information content (AvgIpc) is 3.24. The molecule has 0 heterocycles. The first-order valence-electron chi connectivity index (χ1n) is 6.40. The van der Waals surface area contributed by atoms with E-state index in [9.17, 15) is 5.11 Å². The summed E-state index contributed by atoms with van der Waals surface area (Å²) in [6.07, 6.45) is 2.70. The highest BCUT2D eigenvalue weighted by Gasteiger charge is 2.23. The number of benzene rings is 2. The molecular formula is C16H16O3. The topological polar surface area (TPSA) is 38.7 Å². The second kappa shape index (κ2) is 4.84. The van der Waals surface area contributed by atoms with Gasteiger partial charge in [0, 0.05) is 5.56 Å². The maximum atomic E-state index is 9.92. The van der Waals surface area contributed by atoms with E-state index in [2.05, 4.69) is 0 Å². The molecule has 2 aromatic carbocycles. The molecule has 1 fully saturated rings. The maximum Gasteiger partial charge on any atom is 0.123 e. The third-order valence-corrected chi connectivity index (χ3v) is 3.20. The van der Waals surface area contributed by atoms with E-state index in [1.54, 1.807) is 19.2 Å². The summed E-state index contributed by atoms with van der Waals surface area (Å²) >= 11 is 0. The molecule has 3 rings (SSSR count). The van der Waals surface area contributed by atoms with Gasteiger partial charge in [0.2, 0.25) is 0 Å². The summed E-state index contributed by atoms with van der Waals surface area (Å²) < 4.78 is 10.9. The van der Waals surface area contributed by atoms with Gasteiger partial charge < -0.3 is 14.6 Å². The van der Waals surface area contributed by atoms with Crippen LogP contribution in [-0.4, -0.2) is 18.3 Å². The van der Waals surface area contributed by atoms with Gasteiger partial charge in [-0.05, 0) is 48.7 Å². The second-order valence-electron chi connectivity index (χ2n) is 4.72. The molecule has 0 aliphatic heterocycles. The largest absolute Gasteiger partial charge is 0.507 e. The van der Waals surface area contributed by atoms with E-state index in [1.165, 1.54) is 0 Å². The van der Waals surface area contributed by atoms with Crippen molar-refractivity contribution in [3.8, 4) is 28.4 Å². The fourth-order valence-corrected chi connectivity index (χ4v) is 1.96. The molecule has 1 aliphatic rings. The number of rotatable bonds is 4. The van der Waals surface area contributed by atoms with Gasteiger partial charge in [-0.3, -0.25) is 0 Å². The van der Waals surface area contributed by atoms with Gasteiger partial charge in [-0.2, -0.15) is 0 Å². The molecule has 0 aromatic heterocycles. The Balaban J connectivity index is 1.88. The Morgan fingerprint density at radius 3 is 2.32 bits per heavy atom. The standard InChI is InChI=1S/C16H16O3/c1-18-14-8-9-16(17)15(10-14)11-2-4-12(5-3-11)19-13-6-7-13/h2-5,8-10,13,17H,6-7H2,1H3. The van der Waals surface area contributed by atoms with E-state index < -0.39 is 0 Å². The van der Waals surface area contributed by atoms with Crippen LogP contribution in [0.5, 0.6) is 17.2 Å². The minimum atomic E-state index is 0.247. The molecule has 0 saturated heterocycles. The number of aromatic hydroxyl groups is 1. The Kier molecular flexibility index (Phi) is 3.03. The van der Waals surface area contributed by atoms with Crippen LogP contribution in [0.4, 0.5) is 0 Å². The molecule has 0 unspecified atom stereocenters. The summed E-state index contributed by atoms with van der Waals surface area (Å²) in [5.74, 6) is 1.86. The van der Waals surface area contributed by atoms with Crippen molar-refractivity contribution in [2.45, 2.75) is 18.9 Å². The van der Waals surface area contributed by atoms with E-state index in [0.717, 1.165) is 35.5 Å². The summed E-state index contributed by atoms with van der Waals surface area (Å²) in [5, 5.41) is 9.92. The SMILES string of the molecule is COc1ccc(O)c(-c2ccc(OC3CC3)cc2)c1.